The first-order valence-corrected chi connectivity index (χ1v) is 7.95. The summed E-state index contributed by atoms with van der Waals surface area (Å²) in [4.78, 5) is 23.8. The van der Waals surface area contributed by atoms with E-state index >= 15 is 0 Å². The second kappa shape index (κ2) is 7.07. The van der Waals surface area contributed by atoms with Crippen LogP contribution in [0.5, 0.6) is 0 Å². The molecule has 0 aliphatic rings. The van der Waals surface area contributed by atoms with Crippen LogP contribution in [-0.4, -0.2) is 24.5 Å². The summed E-state index contributed by atoms with van der Waals surface area (Å²) in [6, 6.07) is 4.10. The molecule has 0 aliphatic carbocycles. The quantitative estimate of drug-likeness (QED) is 0.841. The van der Waals surface area contributed by atoms with E-state index in [1.54, 1.807) is 0 Å². The molecule has 4 nitrogen and oxygen atoms in total. The molecule has 2 aromatic rings. The largest absolute Gasteiger partial charge is 0.451 e. The van der Waals surface area contributed by atoms with Crippen LogP contribution < -0.4 is 5.32 Å². The molecule has 1 unspecified atom stereocenters. The van der Waals surface area contributed by atoms with Crippen molar-refractivity contribution < 1.29 is 18.7 Å². The number of thiophene rings is 1. The first-order chi connectivity index (χ1) is 10.4. The van der Waals surface area contributed by atoms with Crippen LogP contribution in [0, 0.1) is 5.82 Å². The summed E-state index contributed by atoms with van der Waals surface area (Å²) in [6.45, 7) is 3.42. The Morgan fingerprint density at radius 2 is 2.18 bits per heavy atom. The van der Waals surface area contributed by atoms with Crippen molar-refractivity contribution in [2.75, 3.05) is 6.61 Å². The van der Waals surface area contributed by atoms with Crippen LogP contribution in [0.25, 0.3) is 10.1 Å². The zero-order valence-corrected chi connectivity index (χ0v) is 13.7. The predicted molar refractivity (Wildman–Crippen MR) is 85.0 cm³/mol. The van der Waals surface area contributed by atoms with Gasteiger partial charge in [-0.05, 0) is 31.5 Å². The van der Waals surface area contributed by atoms with Crippen LogP contribution in [0.4, 0.5) is 4.39 Å². The Balaban J connectivity index is 2.07. The number of benzene rings is 1. The Hall–Kier alpha value is -1.66. The minimum atomic E-state index is -0.689. The van der Waals surface area contributed by atoms with Crippen molar-refractivity contribution in [3.63, 3.8) is 0 Å². The molecule has 118 valence electrons. The van der Waals surface area contributed by atoms with Crippen molar-refractivity contribution in [2.24, 2.45) is 0 Å². The van der Waals surface area contributed by atoms with Crippen molar-refractivity contribution in [1.82, 2.24) is 5.32 Å². The number of carbonyl (C=O) groups is 2. The summed E-state index contributed by atoms with van der Waals surface area (Å²) < 4.78 is 18.7. The first-order valence-electron chi connectivity index (χ1n) is 6.76. The number of fused-ring (bicyclic) bond motifs is 1. The van der Waals surface area contributed by atoms with Crippen LogP contribution >= 0.6 is 22.9 Å². The number of halogens is 2. The molecule has 1 aromatic heterocycles. The number of rotatable bonds is 5. The lowest BCUT2D eigenvalue weighted by atomic mass is 10.2. The fraction of sp³-hybridized carbons (Fsp3) is 0.333. The van der Waals surface area contributed by atoms with Gasteiger partial charge in [0.15, 0.2) is 6.61 Å². The fourth-order valence-electron chi connectivity index (χ4n) is 1.79. The lowest BCUT2D eigenvalue weighted by molar-refractivity contribution is -0.124. The predicted octanol–water partition coefficient (Wildman–Crippen LogP) is 3.77. The third kappa shape index (κ3) is 3.75. The number of carbonyl (C=O) groups excluding carboxylic acids is 2. The molecule has 1 N–H and O–H groups in total. The van der Waals surface area contributed by atoms with Crippen LogP contribution in [0.2, 0.25) is 5.02 Å². The summed E-state index contributed by atoms with van der Waals surface area (Å²) in [6.07, 6.45) is 0.785. The summed E-state index contributed by atoms with van der Waals surface area (Å²) >= 11 is 7.15. The lowest BCUT2D eigenvalue weighted by Gasteiger charge is -2.11. The molecule has 7 heteroatoms. The molecule has 22 heavy (non-hydrogen) atoms. The Morgan fingerprint density at radius 3 is 2.86 bits per heavy atom. The van der Waals surface area contributed by atoms with Crippen molar-refractivity contribution in [1.29, 1.82) is 0 Å². The number of esters is 1. The third-order valence-electron chi connectivity index (χ3n) is 3.13. The lowest BCUT2D eigenvalue weighted by Crippen LogP contribution is -2.35. The van der Waals surface area contributed by atoms with Crippen molar-refractivity contribution in [2.45, 2.75) is 26.3 Å². The van der Waals surface area contributed by atoms with Gasteiger partial charge in [-0.1, -0.05) is 18.5 Å². The molecule has 0 bridgehead atoms. The van der Waals surface area contributed by atoms with Gasteiger partial charge in [-0.15, -0.1) is 11.3 Å². The van der Waals surface area contributed by atoms with E-state index in [9.17, 15) is 14.0 Å². The second-order valence-electron chi connectivity index (χ2n) is 4.84. The van der Waals surface area contributed by atoms with E-state index in [0.717, 1.165) is 17.8 Å². The Kier molecular flexibility index (Phi) is 5.37. The van der Waals surface area contributed by atoms with Gasteiger partial charge < -0.3 is 10.1 Å². The average Bonchev–Trinajstić information content (AvgIpc) is 2.81. The highest BCUT2D eigenvalue weighted by atomic mass is 35.5. The molecule has 0 saturated heterocycles. The van der Waals surface area contributed by atoms with Crippen molar-refractivity contribution >= 4 is 44.9 Å². The van der Waals surface area contributed by atoms with E-state index in [1.165, 1.54) is 18.2 Å². The van der Waals surface area contributed by atoms with E-state index < -0.39 is 11.8 Å². The standard InChI is InChI=1S/C15H15ClFNO3S/c1-3-8(2)18-12(19)7-21-15(20)14-13(16)10-5-4-9(17)6-11(10)22-14/h4-6,8H,3,7H2,1-2H3,(H,18,19). The second-order valence-corrected chi connectivity index (χ2v) is 6.27. The average molecular weight is 344 g/mol. The summed E-state index contributed by atoms with van der Waals surface area (Å²) in [7, 11) is 0. The normalized spacial score (nSPS) is 12.2. The molecule has 1 amide bonds. The summed E-state index contributed by atoms with van der Waals surface area (Å²) in [5.74, 6) is -1.46. The molecular weight excluding hydrogens is 329 g/mol. The number of hydrogen-bond donors (Lipinski definition) is 1. The van der Waals surface area contributed by atoms with E-state index in [4.69, 9.17) is 16.3 Å². The SMILES string of the molecule is CCC(C)NC(=O)COC(=O)c1sc2cc(F)ccc2c1Cl. The third-order valence-corrected chi connectivity index (χ3v) is 4.77. The highest BCUT2D eigenvalue weighted by Crippen LogP contribution is 2.36. The Labute approximate surface area is 136 Å². The summed E-state index contributed by atoms with van der Waals surface area (Å²) in [5.41, 5.74) is 0. The Morgan fingerprint density at radius 1 is 1.45 bits per heavy atom. The van der Waals surface area contributed by atoms with Gasteiger partial charge in [-0.2, -0.15) is 0 Å². The minimum absolute atomic E-state index is 0.0158. The van der Waals surface area contributed by atoms with Crippen LogP contribution in [0.15, 0.2) is 18.2 Å². The number of amides is 1. The molecule has 0 spiro atoms. The van der Waals surface area contributed by atoms with E-state index in [2.05, 4.69) is 5.32 Å². The number of ether oxygens (including phenoxy) is 1. The van der Waals surface area contributed by atoms with Gasteiger partial charge >= 0.3 is 5.97 Å². The molecular formula is C15H15ClFNO3S. The molecule has 1 atom stereocenters. The van der Waals surface area contributed by atoms with E-state index in [1.807, 2.05) is 13.8 Å². The Bertz CT molecular complexity index is 716. The van der Waals surface area contributed by atoms with E-state index in [-0.39, 0.29) is 28.5 Å². The minimum Gasteiger partial charge on any atom is -0.451 e. The zero-order chi connectivity index (χ0) is 16.3. The van der Waals surface area contributed by atoms with Crippen molar-refractivity contribution in [3.05, 3.63) is 33.9 Å². The first kappa shape index (κ1) is 16.7. The van der Waals surface area contributed by atoms with Crippen LogP contribution in [-0.2, 0) is 9.53 Å². The molecule has 0 fully saturated rings. The molecule has 1 heterocycles. The monoisotopic (exact) mass is 343 g/mol. The molecule has 0 radical (unpaired) electrons. The maximum Gasteiger partial charge on any atom is 0.350 e. The maximum atomic E-state index is 13.2. The van der Waals surface area contributed by atoms with Gasteiger partial charge in [0.2, 0.25) is 0 Å². The van der Waals surface area contributed by atoms with Gasteiger partial charge in [0.05, 0.1) is 5.02 Å². The van der Waals surface area contributed by atoms with Gasteiger partial charge in [0, 0.05) is 16.1 Å². The van der Waals surface area contributed by atoms with Gasteiger partial charge in [-0.3, -0.25) is 4.79 Å². The van der Waals surface area contributed by atoms with Crippen LogP contribution in [0.1, 0.15) is 29.9 Å². The summed E-state index contributed by atoms with van der Waals surface area (Å²) in [5, 5.41) is 3.49. The topological polar surface area (TPSA) is 55.4 Å². The smallest absolute Gasteiger partial charge is 0.350 e. The molecule has 1 aromatic carbocycles. The fourth-order valence-corrected chi connectivity index (χ4v) is 3.21. The molecule has 0 aliphatic heterocycles. The van der Waals surface area contributed by atoms with Crippen LogP contribution in [0.3, 0.4) is 0 Å². The number of nitrogens with one attached hydrogen (secondary N) is 1. The van der Waals surface area contributed by atoms with E-state index in [0.29, 0.717) is 10.1 Å². The highest BCUT2D eigenvalue weighted by molar-refractivity contribution is 7.21. The molecule has 0 saturated carbocycles. The van der Waals surface area contributed by atoms with Crippen molar-refractivity contribution in [3.8, 4) is 0 Å². The van der Waals surface area contributed by atoms with Gasteiger partial charge in [0.1, 0.15) is 10.7 Å². The highest BCUT2D eigenvalue weighted by Gasteiger charge is 2.20. The maximum absolute atomic E-state index is 13.2. The van der Waals surface area contributed by atoms with Gasteiger partial charge in [0.25, 0.3) is 5.91 Å². The molecule has 2 rings (SSSR count). The number of hydrogen-bond acceptors (Lipinski definition) is 4. The van der Waals surface area contributed by atoms with Gasteiger partial charge in [-0.25, -0.2) is 9.18 Å². The zero-order valence-electron chi connectivity index (χ0n) is 12.1.